The van der Waals surface area contributed by atoms with Crippen LogP contribution >= 0.6 is 11.6 Å². The quantitative estimate of drug-likeness (QED) is 0.451. The maximum atomic E-state index is 12.1. The number of rotatable bonds is 10. The van der Waals surface area contributed by atoms with Crippen molar-refractivity contribution in [2.45, 2.75) is 31.9 Å². The zero-order chi connectivity index (χ0) is 20.4. The number of nitrogens with one attached hydrogen (secondary N) is 2. The molecule has 0 saturated carbocycles. The number of carbonyl (C=O) groups excluding carboxylic acids is 1. The summed E-state index contributed by atoms with van der Waals surface area (Å²) in [4.78, 5) is 23.4. The molecule has 2 rings (SSSR count). The highest BCUT2D eigenvalue weighted by Gasteiger charge is 2.19. The number of aliphatic carboxylic acids is 1. The third-order valence-corrected chi connectivity index (χ3v) is 4.30. The molecule has 0 radical (unpaired) electrons. The summed E-state index contributed by atoms with van der Waals surface area (Å²) in [5, 5.41) is 14.5. The Hall–Kier alpha value is -2.77. The summed E-state index contributed by atoms with van der Waals surface area (Å²) in [6.07, 6.45) is 1.62. The van der Waals surface area contributed by atoms with E-state index in [0.717, 1.165) is 5.56 Å². The van der Waals surface area contributed by atoms with Crippen molar-refractivity contribution in [3.05, 3.63) is 59.1 Å². The highest BCUT2D eigenvalue weighted by Crippen LogP contribution is 2.27. The molecular weight excluding hydrogens is 382 g/mol. The summed E-state index contributed by atoms with van der Waals surface area (Å²) in [5.41, 5.74) is 6.79. The van der Waals surface area contributed by atoms with Crippen LogP contribution in [0.15, 0.2) is 48.5 Å². The van der Waals surface area contributed by atoms with E-state index in [2.05, 4.69) is 10.6 Å². The number of hydrogen-bond acceptors (Lipinski definition) is 4. The third-order valence-electron chi connectivity index (χ3n) is 3.99. The van der Waals surface area contributed by atoms with Crippen molar-refractivity contribution in [1.29, 1.82) is 0 Å². The van der Waals surface area contributed by atoms with Gasteiger partial charge in [-0.25, -0.2) is 9.59 Å². The summed E-state index contributed by atoms with van der Waals surface area (Å²) in [6, 6.07) is 12.9. The highest BCUT2D eigenvalue weighted by molar-refractivity contribution is 6.33. The van der Waals surface area contributed by atoms with Crippen molar-refractivity contribution >= 4 is 29.3 Å². The standard InChI is InChI=1S/C20H24ClN3O4/c21-16-12-15(28-13-14-6-2-1-3-7-14)9-10-17(16)23-20(27)24-18(19(25)26)8-4-5-11-22/h1-3,6-7,9-10,12,18H,4-5,8,11,13,22H2,(H,25,26)(H2,23,24,27)/t18-/m0/s1. The molecule has 0 aromatic heterocycles. The molecule has 0 fully saturated rings. The number of anilines is 1. The number of ether oxygens (including phenoxy) is 1. The van der Waals surface area contributed by atoms with Crippen LogP contribution in [0.2, 0.25) is 5.02 Å². The second kappa shape index (κ2) is 11.2. The molecule has 5 N–H and O–H groups in total. The lowest BCUT2D eigenvalue weighted by Gasteiger charge is -2.16. The summed E-state index contributed by atoms with van der Waals surface area (Å²) in [5.74, 6) is -0.534. The number of carboxylic acids is 1. The maximum Gasteiger partial charge on any atom is 0.326 e. The summed E-state index contributed by atoms with van der Waals surface area (Å²) in [6.45, 7) is 0.875. The van der Waals surface area contributed by atoms with E-state index in [9.17, 15) is 14.7 Å². The predicted octanol–water partition coefficient (Wildman–Crippen LogP) is 3.62. The van der Waals surface area contributed by atoms with Gasteiger partial charge in [-0.1, -0.05) is 41.9 Å². The first-order chi connectivity index (χ1) is 13.5. The zero-order valence-electron chi connectivity index (χ0n) is 15.4. The molecule has 0 bridgehead atoms. The second-order valence-electron chi connectivity index (χ2n) is 6.19. The van der Waals surface area contributed by atoms with Crippen molar-refractivity contribution < 1.29 is 19.4 Å². The van der Waals surface area contributed by atoms with Gasteiger partial charge >= 0.3 is 12.0 Å². The first-order valence-corrected chi connectivity index (χ1v) is 9.34. The molecule has 0 heterocycles. The van der Waals surface area contributed by atoms with Gasteiger partial charge in [-0.15, -0.1) is 0 Å². The van der Waals surface area contributed by atoms with E-state index >= 15 is 0 Å². The third kappa shape index (κ3) is 7.09. The average molecular weight is 406 g/mol. The molecule has 2 aromatic carbocycles. The van der Waals surface area contributed by atoms with E-state index in [0.29, 0.717) is 43.9 Å². The van der Waals surface area contributed by atoms with Crippen LogP contribution in [0.3, 0.4) is 0 Å². The van der Waals surface area contributed by atoms with Gasteiger partial charge in [0.25, 0.3) is 0 Å². The topological polar surface area (TPSA) is 114 Å². The lowest BCUT2D eigenvalue weighted by molar-refractivity contribution is -0.139. The number of carbonyl (C=O) groups is 2. The molecule has 0 saturated heterocycles. The Kier molecular flexibility index (Phi) is 8.58. The lowest BCUT2D eigenvalue weighted by Crippen LogP contribution is -2.43. The molecule has 0 aliphatic heterocycles. The Balaban J connectivity index is 1.90. The van der Waals surface area contributed by atoms with E-state index in [-0.39, 0.29) is 5.02 Å². The molecule has 0 aliphatic carbocycles. The van der Waals surface area contributed by atoms with Crippen LogP contribution < -0.4 is 21.1 Å². The van der Waals surface area contributed by atoms with Gasteiger partial charge in [0.05, 0.1) is 10.7 Å². The fraction of sp³-hybridized carbons (Fsp3) is 0.300. The fourth-order valence-corrected chi connectivity index (χ4v) is 2.71. The van der Waals surface area contributed by atoms with E-state index in [1.54, 1.807) is 18.2 Å². The van der Waals surface area contributed by atoms with Gasteiger partial charge in [-0.3, -0.25) is 0 Å². The molecule has 0 unspecified atom stereocenters. The van der Waals surface area contributed by atoms with Crippen molar-refractivity contribution in [3.8, 4) is 5.75 Å². The summed E-state index contributed by atoms with van der Waals surface area (Å²) < 4.78 is 5.68. The van der Waals surface area contributed by atoms with E-state index < -0.39 is 18.0 Å². The first kappa shape index (κ1) is 21.5. The molecule has 2 aromatic rings. The average Bonchev–Trinajstić information content (AvgIpc) is 2.68. The number of carboxylic acid groups (broad SMARTS) is 1. The Morgan fingerprint density at radius 3 is 2.54 bits per heavy atom. The van der Waals surface area contributed by atoms with Gasteiger partial charge in [-0.05, 0) is 43.5 Å². The smallest absolute Gasteiger partial charge is 0.326 e. The number of unbranched alkanes of at least 4 members (excludes halogenated alkanes) is 1. The molecule has 2 amide bonds. The van der Waals surface area contributed by atoms with Gasteiger partial charge in [0.2, 0.25) is 0 Å². The molecule has 28 heavy (non-hydrogen) atoms. The van der Waals surface area contributed by atoms with Crippen LogP contribution in [0.5, 0.6) is 5.75 Å². The van der Waals surface area contributed by atoms with Crippen LogP contribution in [0.1, 0.15) is 24.8 Å². The van der Waals surface area contributed by atoms with Crippen LogP contribution in [0.25, 0.3) is 0 Å². The second-order valence-corrected chi connectivity index (χ2v) is 6.60. The molecule has 0 spiro atoms. The molecular formula is C20H24ClN3O4. The van der Waals surface area contributed by atoms with Crippen LogP contribution in [-0.4, -0.2) is 29.7 Å². The van der Waals surface area contributed by atoms with Gasteiger partial charge in [0, 0.05) is 6.07 Å². The largest absolute Gasteiger partial charge is 0.489 e. The summed E-state index contributed by atoms with van der Waals surface area (Å²) >= 11 is 6.20. The van der Waals surface area contributed by atoms with Gasteiger partial charge < -0.3 is 26.2 Å². The number of hydrogen-bond donors (Lipinski definition) is 4. The molecule has 8 heteroatoms. The van der Waals surface area contributed by atoms with Crippen LogP contribution in [0.4, 0.5) is 10.5 Å². The fourth-order valence-electron chi connectivity index (χ4n) is 2.49. The van der Waals surface area contributed by atoms with Gasteiger partial charge in [-0.2, -0.15) is 0 Å². The minimum absolute atomic E-state index is 0.288. The number of halogens is 1. The van der Waals surface area contributed by atoms with Crippen molar-refractivity contribution in [1.82, 2.24) is 5.32 Å². The maximum absolute atomic E-state index is 12.1. The summed E-state index contributed by atoms with van der Waals surface area (Å²) in [7, 11) is 0. The van der Waals surface area contributed by atoms with Crippen molar-refractivity contribution in [3.63, 3.8) is 0 Å². The molecule has 7 nitrogen and oxygen atoms in total. The van der Waals surface area contributed by atoms with Crippen molar-refractivity contribution in [2.75, 3.05) is 11.9 Å². The first-order valence-electron chi connectivity index (χ1n) is 8.96. The van der Waals surface area contributed by atoms with E-state index in [1.165, 1.54) is 0 Å². The van der Waals surface area contributed by atoms with Crippen LogP contribution in [0, 0.1) is 0 Å². The highest BCUT2D eigenvalue weighted by atomic mass is 35.5. The van der Waals surface area contributed by atoms with Gasteiger partial charge in [0.15, 0.2) is 0 Å². The Labute approximate surface area is 168 Å². The van der Waals surface area contributed by atoms with E-state index in [4.69, 9.17) is 22.1 Å². The SMILES string of the molecule is NCCCC[C@H](NC(=O)Nc1ccc(OCc2ccccc2)cc1Cl)C(=O)O. The normalized spacial score (nSPS) is 11.5. The van der Waals surface area contributed by atoms with Crippen LogP contribution in [-0.2, 0) is 11.4 Å². The number of nitrogens with two attached hydrogens (primary N) is 1. The Morgan fingerprint density at radius 1 is 1.14 bits per heavy atom. The lowest BCUT2D eigenvalue weighted by atomic mass is 10.1. The predicted molar refractivity (Wildman–Crippen MR) is 109 cm³/mol. The number of benzene rings is 2. The number of urea groups is 1. The number of amides is 2. The minimum Gasteiger partial charge on any atom is -0.489 e. The van der Waals surface area contributed by atoms with Gasteiger partial charge in [0.1, 0.15) is 18.4 Å². The zero-order valence-corrected chi connectivity index (χ0v) is 16.1. The molecule has 0 aliphatic rings. The molecule has 150 valence electrons. The minimum atomic E-state index is -1.09. The van der Waals surface area contributed by atoms with Crippen molar-refractivity contribution in [2.24, 2.45) is 5.73 Å². The Bertz CT molecular complexity index is 786. The van der Waals surface area contributed by atoms with E-state index in [1.807, 2.05) is 30.3 Å². The molecule has 1 atom stereocenters. The monoisotopic (exact) mass is 405 g/mol. The Morgan fingerprint density at radius 2 is 1.89 bits per heavy atom.